The smallest absolute Gasteiger partial charge is 0.336 e. The van der Waals surface area contributed by atoms with Gasteiger partial charge >= 0.3 is 12.0 Å². The first-order valence-electron chi connectivity index (χ1n) is 9.91. The standard InChI is InChI=1S/C20H28N6O3/c1-5-13-15(7-6-14(18(27)28)16(13)17-22-24-25-23-17)21-19(29)26-10-8-12(9-11-26)20(2,3)4/h6-7,12H,5,8-11H2,1-4H3,(H,21,29)(H,27,28)(H,22,23,24,25). The molecule has 0 unspecified atom stereocenters. The Balaban J connectivity index is 1.84. The summed E-state index contributed by atoms with van der Waals surface area (Å²) in [5.74, 6) is -0.291. The van der Waals surface area contributed by atoms with E-state index in [1.54, 1.807) is 6.07 Å². The van der Waals surface area contributed by atoms with E-state index in [-0.39, 0.29) is 22.8 Å². The number of tetrazole rings is 1. The quantitative estimate of drug-likeness (QED) is 0.722. The van der Waals surface area contributed by atoms with Crippen molar-refractivity contribution in [2.24, 2.45) is 11.3 Å². The second kappa shape index (κ2) is 8.18. The van der Waals surface area contributed by atoms with E-state index >= 15 is 0 Å². The number of piperidine rings is 1. The number of likely N-dealkylation sites (tertiary alicyclic amines) is 1. The summed E-state index contributed by atoms with van der Waals surface area (Å²) in [5.41, 5.74) is 1.93. The van der Waals surface area contributed by atoms with Gasteiger partial charge in [-0.3, -0.25) is 0 Å². The maximum atomic E-state index is 12.9. The van der Waals surface area contributed by atoms with E-state index in [0.29, 0.717) is 42.2 Å². The van der Waals surface area contributed by atoms with Crippen LogP contribution in [0.4, 0.5) is 10.5 Å². The molecule has 9 heteroatoms. The molecule has 156 valence electrons. The number of anilines is 1. The zero-order chi connectivity index (χ0) is 21.2. The first-order chi connectivity index (χ1) is 13.7. The molecule has 2 amide bonds. The molecule has 1 fully saturated rings. The summed E-state index contributed by atoms with van der Waals surface area (Å²) >= 11 is 0. The van der Waals surface area contributed by atoms with Crippen LogP contribution in [-0.4, -0.2) is 55.7 Å². The summed E-state index contributed by atoms with van der Waals surface area (Å²) < 4.78 is 0. The number of urea groups is 1. The van der Waals surface area contributed by atoms with Gasteiger partial charge in [0.15, 0.2) is 0 Å². The maximum absolute atomic E-state index is 12.9. The molecule has 0 saturated carbocycles. The molecule has 1 aromatic heterocycles. The number of benzene rings is 1. The molecule has 2 aromatic rings. The van der Waals surface area contributed by atoms with Gasteiger partial charge in [0, 0.05) is 24.3 Å². The van der Waals surface area contributed by atoms with Crippen molar-refractivity contribution < 1.29 is 14.7 Å². The number of H-pyrrole nitrogens is 1. The number of nitrogens with one attached hydrogen (secondary N) is 2. The number of aromatic carboxylic acids is 1. The maximum Gasteiger partial charge on any atom is 0.336 e. The molecule has 0 spiro atoms. The predicted octanol–water partition coefficient (Wildman–Crippen LogP) is 3.42. The van der Waals surface area contributed by atoms with Crippen molar-refractivity contribution in [1.82, 2.24) is 25.5 Å². The topological polar surface area (TPSA) is 124 Å². The van der Waals surface area contributed by atoms with E-state index in [2.05, 4.69) is 46.7 Å². The van der Waals surface area contributed by atoms with Crippen molar-refractivity contribution in [1.29, 1.82) is 0 Å². The summed E-state index contributed by atoms with van der Waals surface area (Å²) in [6.07, 6.45) is 2.46. The molecule has 3 rings (SSSR count). The Bertz CT molecular complexity index is 880. The van der Waals surface area contributed by atoms with Gasteiger partial charge in [0.1, 0.15) is 0 Å². The zero-order valence-corrected chi connectivity index (χ0v) is 17.3. The highest BCUT2D eigenvalue weighted by Gasteiger charge is 2.31. The van der Waals surface area contributed by atoms with Crippen LogP contribution in [0.1, 0.15) is 56.5 Å². The summed E-state index contributed by atoms with van der Waals surface area (Å²) in [6.45, 7) is 10.0. The molecule has 0 aliphatic carbocycles. The van der Waals surface area contributed by atoms with E-state index in [1.165, 1.54) is 6.07 Å². The van der Waals surface area contributed by atoms with Gasteiger partial charge in [0.25, 0.3) is 0 Å². The number of nitrogens with zero attached hydrogens (tertiary/aromatic N) is 4. The Morgan fingerprint density at radius 3 is 2.48 bits per heavy atom. The fraction of sp³-hybridized carbons (Fsp3) is 0.550. The van der Waals surface area contributed by atoms with Crippen LogP contribution in [0, 0.1) is 11.3 Å². The van der Waals surface area contributed by atoms with E-state index in [0.717, 1.165) is 12.8 Å². The van der Waals surface area contributed by atoms with Gasteiger partial charge in [-0.05, 0) is 53.5 Å². The molecule has 3 N–H and O–H groups in total. The molecule has 1 aliphatic rings. The first-order valence-corrected chi connectivity index (χ1v) is 9.91. The summed E-state index contributed by atoms with van der Waals surface area (Å²) in [5, 5.41) is 26.3. The second-order valence-corrected chi connectivity index (χ2v) is 8.47. The van der Waals surface area contributed by atoms with Crippen LogP contribution in [0.25, 0.3) is 11.4 Å². The second-order valence-electron chi connectivity index (χ2n) is 8.47. The van der Waals surface area contributed by atoms with Crippen LogP contribution < -0.4 is 5.32 Å². The summed E-state index contributed by atoms with van der Waals surface area (Å²) in [7, 11) is 0. The third kappa shape index (κ3) is 4.38. The van der Waals surface area contributed by atoms with Gasteiger partial charge < -0.3 is 15.3 Å². The highest BCUT2D eigenvalue weighted by molar-refractivity contribution is 5.99. The van der Waals surface area contributed by atoms with Gasteiger partial charge in [0.05, 0.1) is 5.56 Å². The number of carbonyl (C=O) groups is 2. The molecule has 2 heterocycles. The summed E-state index contributed by atoms with van der Waals surface area (Å²) in [6, 6.07) is 2.93. The molecule has 1 aliphatic heterocycles. The van der Waals surface area contributed by atoms with Gasteiger partial charge in [-0.2, -0.15) is 5.21 Å². The van der Waals surface area contributed by atoms with Crippen molar-refractivity contribution in [2.45, 2.75) is 47.0 Å². The lowest BCUT2D eigenvalue weighted by Gasteiger charge is -2.38. The molecular formula is C20H28N6O3. The van der Waals surface area contributed by atoms with Gasteiger partial charge in [-0.25, -0.2) is 9.59 Å². The predicted molar refractivity (Wildman–Crippen MR) is 109 cm³/mol. The van der Waals surface area contributed by atoms with Crippen molar-refractivity contribution in [2.75, 3.05) is 18.4 Å². The van der Waals surface area contributed by atoms with Gasteiger partial charge in [0.2, 0.25) is 5.82 Å². The lowest BCUT2D eigenvalue weighted by Crippen LogP contribution is -2.43. The zero-order valence-electron chi connectivity index (χ0n) is 17.3. The molecule has 1 saturated heterocycles. The van der Waals surface area contributed by atoms with Gasteiger partial charge in [-0.15, -0.1) is 10.2 Å². The minimum atomic E-state index is -1.08. The van der Waals surface area contributed by atoms with Crippen LogP contribution in [-0.2, 0) is 6.42 Å². The molecule has 0 atom stereocenters. The minimum Gasteiger partial charge on any atom is -0.478 e. The number of carboxylic acid groups (broad SMARTS) is 1. The van der Waals surface area contributed by atoms with Crippen molar-refractivity contribution in [3.05, 3.63) is 23.3 Å². The number of carbonyl (C=O) groups excluding carboxylic acids is 1. The first kappa shape index (κ1) is 20.8. The number of hydrogen-bond acceptors (Lipinski definition) is 5. The third-order valence-electron chi connectivity index (χ3n) is 5.71. The van der Waals surface area contributed by atoms with Crippen LogP contribution in [0.5, 0.6) is 0 Å². The molecule has 0 radical (unpaired) electrons. The number of amides is 2. The lowest BCUT2D eigenvalue weighted by molar-refractivity contribution is 0.0697. The summed E-state index contributed by atoms with van der Waals surface area (Å²) in [4.78, 5) is 26.4. The number of carboxylic acids is 1. The Kier molecular flexibility index (Phi) is 5.86. The van der Waals surface area contributed by atoms with Crippen LogP contribution in [0.15, 0.2) is 12.1 Å². The largest absolute Gasteiger partial charge is 0.478 e. The lowest BCUT2D eigenvalue weighted by atomic mass is 9.75. The third-order valence-corrected chi connectivity index (χ3v) is 5.71. The number of aromatic amines is 1. The Morgan fingerprint density at radius 1 is 1.28 bits per heavy atom. The van der Waals surface area contributed by atoms with E-state index < -0.39 is 5.97 Å². The van der Waals surface area contributed by atoms with Crippen molar-refractivity contribution in [3.8, 4) is 11.4 Å². The number of aromatic nitrogens is 4. The monoisotopic (exact) mass is 400 g/mol. The Labute approximate surface area is 169 Å². The number of rotatable bonds is 4. The average molecular weight is 400 g/mol. The fourth-order valence-electron chi connectivity index (χ4n) is 3.98. The van der Waals surface area contributed by atoms with Crippen molar-refractivity contribution >= 4 is 17.7 Å². The molecule has 9 nitrogen and oxygen atoms in total. The van der Waals surface area contributed by atoms with E-state index in [4.69, 9.17) is 0 Å². The molecule has 29 heavy (non-hydrogen) atoms. The Hall–Kier alpha value is -2.97. The Morgan fingerprint density at radius 2 is 1.97 bits per heavy atom. The van der Waals surface area contributed by atoms with Crippen LogP contribution in [0.3, 0.4) is 0 Å². The van der Waals surface area contributed by atoms with E-state index in [1.807, 2.05) is 11.8 Å². The van der Waals surface area contributed by atoms with Crippen molar-refractivity contribution in [3.63, 3.8) is 0 Å². The fourth-order valence-corrected chi connectivity index (χ4v) is 3.98. The van der Waals surface area contributed by atoms with Crippen LogP contribution >= 0.6 is 0 Å². The molecular weight excluding hydrogens is 372 g/mol. The molecule has 1 aromatic carbocycles. The van der Waals surface area contributed by atoms with Crippen LogP contribution in [0.2, 0.25) is 0 Å². The van der Waals surface area contributed by atoms with Gasteiger partial charge in [-0.1, -0.05) is 27.7 Å². The molecule has 0 bridgehead atoms. The SMILES string of the molecule is CCc1c(NC(=O)N2CCC(C(C)(C)C)CC2)ccc(C(=O)O)c1-c1nn[nH]n1. The van der Waals surface area contributed by atoms with E-state index in [9.17, 15) is 14.7 Å². The highest BCUT2D eigenvalue weighted by atomic mass is 16.4. The average Bonchev–Trinajstić information content (AvgIpc) is 3.21. The minimum absolute atomic E-state index is 0.0761. The highest BCUT2D eigenvalue weighted by Crippen LogP contribution is 2.35. The number of hydrogen-bond donors (Lipinski definition) is 3. The normalized spacial score (nSPS) is 15.4.